The van der Waals surface area contributed by atoms with Gasteiger partial charge in [-0.3, -0.25) is 4.79 Å². The summed E-state index contributed by atoms with van der Waals surface area (Å²) in [6.45, 7) is 23.0. The molecule has 4 fully saturated rings. The van der Waals surface area contributed by atoms with Crippen LogP contribution in [0.1, 0.15) is 129 Å². The van der Waals surface area contributed by atoms with Gasteiger partial charge in [-0.1, -0.05) is 32.4 Å². The molecule has 0 bridgehead atoms. The van der Waals surface area contributed by atoms with E-state index in [1.807, 2.05) is 76.8 Å². The second kappa shape index (κ2) is 17.8. The van der Waals surface area contributed by atoms with Crippen LogP contribution in [0.4, 0.5) is 15.3 Å². The van der Waals surface area contributed by atoms with Crippen LogP contribution in [0.2, 0.25) is 5.02 Å². The number of hydrogen-bond donors (Lipinski definition) is 0. The Morgan fingerprint density at radius 2 is 1.17 bits per heavy atom. The van der Waals surface area contributed by atoms with Crippen LogP contribution < -0.4 is 14.4 Å². The fraction of sp³-hybridized carbons (Fsp3) is 0.674. The smallest absolute Gasteiger partial charge is 0.410 e. The van der Waals surface area contributed by atoms with Gasteiger partial charge in [0.15, 0.2) is 0 Å². The fourth-order valence-corrected chi connectivity index (χ4v) is 8.83. The third-order valence-corrected chi connectivity index (χ3v) is 12.3. The molecule has 0 spiro atoms. The van der Waals surface area contributed by atoms with Crippen molar-refractivity contribution in [1.82, 2.24) is 14.7 Å². The standard InChI is InChI=1S/C46H67ClN4O7/c1-44(2,3)33-13-10-31(11-14-33)37-28-32(12-17-39(37)56-36-20-23-51(30-36)43(54)58-46(7,8)9)41(52)49-21-18-35(19-22-49)55-40-29-34(15-16-38(40)47)48-24-26-50(27-25-48)42(53)57-45(4,5)6/h12,15-17,28-29,31,33,35-36H,10-11,13-14,18-27,30H2,1-9H3/t31?,33?,36-/m0/s1. The lowest BCUT2D eigenvalue weighted by atomic mass is 9.68. The fourth-order valence-electron chi connectivity index (χ4n) is 8.67. The Labute approximate surface area is 351 Å². The lowest BCUT2D eigenvalue weighted by Crippen LogP contribution is -2.50. The number of hydrogen-bond acceptors (Lipinski definition) is 8. The number of carbonyl (C=O) groups excluding carboxylic acids is 3. The first-order valence-corrected chi connectivity index (χ1v) is 21.9. The number of anilines is 1. The number of likely N-dealkylation sites (tertiary alicyclic amines) is 2. The second-order valence-corrected chi connectivity index (χ2v) is 20.2. The third kappa shape index (κ3) is 11.4. The molecule has 1 saturated carbocycles. The molecule has 0 aromatic heterocycles. The van der Waals surface area contributed by atoms with Crippen LogP contribution in [0.15, 0.2) is 36.4 Å². The SMILES string of the molecule is CC(C)(C)OC(=O)N1CCN(c2ccc(Cl)c(OC3CCN(C(=O)c4ccc(O[C@H]5CCN(C(=O)OC(C)(C)C)C5)c(C5CCC(C(C)(C)C)CC5)c4)CC3)c2)CC1. The minimum absolute atomic E-state index is 0.0251. The molecule has 320 valence electrons. The summed E-state index contributed by atoms with van der Waals surface area (Å²) in [4.78, 5) is 47.1. The van der Waals surface area contributed by atoms with Gasteiger partial charge in [0, 0.05) is 82.4 Å². The first-order chi connectivity index (χ1) is 27.2. The molecule has 3 aliphatic heterocycles. The number of piperazine rings is 1. The van der Waals surface area contributed by atoms with E-state index in [0.29, 0.717) is 93.4 Å². The van der Waals surface area contributed by atoms with Crippen molar-refractivity contribution in [1.29, 1.82) is 0 Å². The Bertz CT molecular complexity index is 1760. The highest BCUT2D eigenvalue weighted by Crippen LogP contribution is 2.46. The molecule has 0 N–H and O–H groups in total. The van der Waals surface area contributed by atoms with E-state index in [0.717, 1.165) is 49.1 Å². The van der Waals surface area contributed by atoms with Gasteiger partial charge in [0.2, 0.25) is 0 Å². The predicted molar refractivity (Wildman–Crippen MR) is 228 cm³/mol. The molecule has 4 aliphatic rings. The van der Waals surface area contributed by atoms with Crippen molar-refractivity contribution >= 4 is 35.4 Å². The number of benzene rings is 2. The van der Waals surface area contributed by atoms with Gasteiger partial charge in [0.05, 0.1) is 11.6 Å². The molecule has 6 rings (SSSR count). The molecule has 3 heterocycles. The molecule has 1 atom stereocenters. The van der Waals surface area contributed by atoms with Crippen molar-refractivity contribution in [2.75, 3.05) is 57.3 Å². The van der Waals surface area contributed by atoms with Gasteiger partial charge < -0.3 is 38.5 Å². The average Bonchev–Trinajstić information content (AvgIpc) is 3.63. The Balaban J connectivity index is 1.07. The number of amides is 3. The summed E-state index contributed by atoms with van der Waals surface area (Å²) in [5.74, 6) is 2.45. The number of piperidine rings is 1. The van der Waals surface area contributed by atoms with E-state index in [-0.39, 0.29) is 35.7 Å². The van der Waals surface area contributed by atoms with Crippen LogP contribution in [0.5, 0.6) is 11.5 Å². The van der Waals surface area contributed by atoms with Gasteiger partial charge in [-0.05, 0) is 120 Å². The van der Waals surface area contributed by atoms with Crippen LogP contribution >= 0.6 is 11.6 Å². The Kier molecular flexibility index (Phi) is 13.4. The van der Waals surface area contributed by atoms with E-state index >= 15 is 0 Å². The van der Waals surface area contributed by atoms with Crippen LogP contribution in [0, 0.1) is 11.3 Å². The van der Waals surface area contributed by atoms with E-state index in [1.165, 1.54) is 0 Å². The minimum Gasteiger partial charge on any atom is -0.489 e. The summed E-state index contributed by atoms with van der Waals surface area (Å²) in [5.41, 5.74) is 1.98. The van der Waals surface area contributed by atoms with E-state index in [1.54, 1.807) is 9.80 Å². The first-order valence-electron chi connectivity index (χ1n) is 21.5. The highest BCUT2D eigenvalue weighted by atomic mass is 35.5. The van der Waals surface area contributed by atoms with Crippen LogP contribution in [0.25, 0.3) is 0 Å². The molecule has 3 amide bonds. The van der Waals surface area contributed by atoms with Gasteiger partial charge in [0.25, 0.3) is 5.91 Å². The summed E-state index contributed by atoms with van der Waals surface area (Å²) in [6, 6.07) is 11.8. The minimum atomic E-state index is -0.552. The van der Waals surface area contributed by atoms with Crippen LogP contribution in [-0.2, 0) is 9.47 Å². The van der Waals surface area contributed by atoms with Gasteiger partial charge in [0.1, 0.15) is 34.9 Å². The Hall–Kier alpha value is -3.86. The number of nitrogens with zero attached hydrogens (tertiary/aromatic N) is 4. The van der Waals surface area contributed by atoms with E-state index < -0.39 is 11.2 Å². The average molecular weight is 824 g/mol. The first kappa shape index (κ1) is 43.7. The zero-order chi connectivity index (χ0) is 42.0. The molecule has 11 nitrogen and oxygen atoms in total. The van der Waals surface area contributed by atoms with Crippen molar-refractivity contribution in [2.24, 2.45) is 11.3 Å². The summed E-state index contributed by atoms with van der Waals surface area (Å²) in [7, 11) is 0. The van der Waals surface area contributed by atoms with Crippen LogP contribution in [-0.4, -0.2) is 109 Å². The Morgan fingerprint density at radius 1 is 0.603 bits per heavy atom. The topological polar surface area (TPSA) is 101 Å². The molecular weight excluding hydrogens is 756 g/mol. The maximum Gasteiger partial charge on any atom is 0.410 e. The quantitative estimate of drug-likeness (QED) is 0.272. The molecule has 2 aromatic carbocycles. The highest BCUT2D eigenvalue weighted by Gasteiger charge is 2.35. The van der Waals surface area contributed by atoms with Crippen LogP contribution in [0.3, 0.4) is 0 Å². The van der Waals surface area contributed by atoms with Gasteiger partial charge in [-0.25, -0.2) is 9.59 Å². The molecule has 3 saturated heterocycles. The number of carbonyl (C=O) groups is 3. The van der Waals surface area contributed by atoms with Crippen molar-refractivity contribution in [3.8, 4) is 11.5 Å². The molecule has 0 unspecified atom stereocenters. The van der Waals surface area contributed by atoms with Crippen molar-refractivity contribution < 1.29 is 33.3 Å². The molecular formula is C46H67ClN4O7. The van der Waals surface area contributed by atoms with Crippen molar-refractivity contribution in [3.05, 3.63) is 52.5 Å². The summed E-state index contributed by atoms with van der Waals surface area (Å²) >= 11 is 6.65. The van der Waals surface area contributed by atoms with E-state index in [9.17, 15) is 14.4 Å². The number of ether oxygens (including phenoxy) is 4. The molecule has 0 radical (unpaired) electrons. The van der Waals surface area contributed by atoms with Gasteiger partial charge in [-0.15, -0.1) is 0 Å². The van der Waals surface area contributed by atoms with Gasteiger partial charge >= 0.3 is 12.2 Å². The van der Waals surface area contributed by atoms with Crippen molar-refractivity contribution in [2.45, 2.75) is 137 Å². The predicted octanol–water partition coefficient (Wildman–Crippen LogP) is 9.79. The summed E-state index contributed by atoms with van der Waals surface area (Å²) < 4.78 is 24.4. The van der Waals surface area contributed by atoms with E-state index in [2.05, 4.69) is 31.7 Å². The molecule has 58 heavy (non-hydrogen) atoms. The highest BCUT2D eigenvalue weighted by molar-refractivity contribution is 6.32. The lowest BCUT2D eigenvalue weighted by Gasteiger charge is -2.37. The molecule has 12 heteroatoms. The second-order valence-electron chi connectivity index (χ2n) is 19.8. The monoisotopic (exact) mass is 822 g/mol. The molecule has 2 aromatic rings. The number of halogens is 1. The largest absolute Gasteiger partial charge is 0.489 e. The zero-order valence-corrected chi connectivity index (χ0v) is 37.2. The van der Waals surface area contributed by atoms with Gasteiger partial charge in [-0.2, -0.15) is 0 Å². The lowest BCUT2D eigenvalue weighted by molar-refractivity contribution is 0.0237. The third-order valence-electron chi connectivity index (χ3n) is 12.0. The normalized spacial score (nSPS) is 22.5. The summed E-state index contributed by atoms with van der Waals surface area (Å²) in [5, 5.41) is 0.552. The summed E-state index contributed by atoms with van der Waals surface area (Å²) in [6.07, 6.45) is 5.73. The Morgan fingerprint density at radius 3 is 1.78 bits per heavy atom. The van der Waals surface area contributed by atoms with Crippen molar-refractivity contribution in [3.63, 3.8) is 0 Å². The maximum atomic E-state index is 14.1. The maximum absolute atomic E-state index is 14.1. The number of rotatable bonds is 7. The molecule has 1 aliphatic carbocycles. The zero-order valence-electron chi connectivity index (χ0n) is 36.4. The van der Waals surface area contributed by atoms with E-state index in [4.69, 9.17) is 30.5 Å².